The summed E-state index contributed by atoms with van der Waals surface area (Å²) in [6, 6.07) is 17.8. The average molecular weight is 469 g/mol. The Bertz CT molecular complexity index is 1460. The van der Waals surface area contributed by atoms with E-state index >= 15 is 0 Å². The van der Waals surface area contributed by atoms with Crippen LogP contribution in [0.3, 0.4) is 0 Å². The predicted molar refractivity (Wildman–Crippen MR) is 125 cm³/mol. The van der Waals surface area contributed by atoms with Crippen molar-refractivity contribution in [2.75, 3.05) is 13.1 Å². The van der Waals surface area contributed by atoms with Crippen LogP contribution in [0.2, 0.25) is 0 Å². The fourth-order valence-electron chi connectivity index (χ4n) is 4.11. The van der Waals surface area contributed by atoms with Gasteiger partial charge in [-0.2, -0.15) is 4.98 Å². The maximum atomic E-state index is 14.6. The largest absolute Gasteiger partial charge is 0.390 e. The van der Waals surface area contributed by atoms with Crippen LogP contribution >= 0.6 is 0 Å². The van der Waals surface area contributed by atoms with Gasteiger partial charge in [0.15, 0.2) is 5.69 Å². The number of nitrogens with zero attached hydrogens (tertiary/aromatic N) is 7. The molecular formula is C25H20FN7O2. The summed E-state index contributed by atoms with van der Waals surface area (Å²) in [7, 11) is 0. The van der Waals surface area contributed by atoms with E-state index in [9.17, 15) is 9.50 Å². The molecule has 10 heteroatoms. The number of rotatable bonds is 6. The lowest BCUT2D eigenvalue weighted by Crippen LogP contribution is -2.49. The van der Waals surface area contributed by atoms with Gasteiger partial charge in [0.05, 0.1) is 6.10 Å². The van der Waals surface area contributed by atoms with Gasteiger partial charge in [-0.3, -0.25) is 9.88 Å². The van der Waals surface area contributed by atoms with Crippen LogP contribution in [-0.4, -0.2) is 59.3 Å². The molecule has 1 N–H and O–H groups in total. The van der Waals surface area contributed by atoms with E-state index in [1.807, 2.05) is 24.3 Å². The van der Waals surface area contributed by atoms with Crippen LogP contribution in [0.15, 0.2) is 77.6 Å². The highest BCUT2D eigenvalue weighted by molar-refractivity contribution is 5.76. The Morgan fingerprint density at radius 3 is 2.49 bits per heavy atom. The third-order valence-corrected chi connectivity index (χ3v) is 5.89. The van der Waals surface area contributed by atoms with E-state index in [1.165, 1.54) is 10.7 Å². The van der Waals surface area contributed by atoms with E-state index in [0.29, 0.717) is 30.3 Å². The Kier molecular flexibility index (Phi) is 5.36. The van der Waals surface area contributed by atoms with Gasteiger partial charge in [0.1, 0.15) is 17.2 Å². The number of aliphatic hydroxyl groups is 1. The van der Waals surface area contributed by atoms with Gasteiger partial charge in [-0.1, -0.05) is 46.8 Å². The molecular weight excluding hydrogens is 449 g/mol. The number of β-amino-alcohol motifs (C(OH)–C–C–N with tert-alkyl or cyclic N) is 1. The third kappa shape index (κ3) is 4.09. The number of halogens is 1. The van der Waals surface area contributed by atoms with Crippen LogP contribution in [0.25, 0.3) is 39.9 Å². The third-order valence-electron chi connectivity index (χ3n) is 5.89. The number of aliphatic hydroxyl groups excluding tert-OH is 1. The number of hydrogen-bond acceptors (Lipinski definition) is 8. The summed E-state index contributed by atoms with van der Waals surface area (Å²) in [5.41, 5.74) is 3.76. The molecule has 1 saturated heterocycles. The minimum atomic E-state index is -0.432. The maximum Gasteiger partial charge on any atom is 0.281 e. The molecule has 1 aliphatic rings. The van der Waals surface area contributed by atoms with Gasteiger partial charge in [0.25, 0.3) is 5.89 Å². The lowest BCUT2D eigenvalue weighted by atomic mass is 10.1. The summed E-state index contributed by atoms with van der Waals surface area (Å²) in [6.45, 7) is 2.18. The molecule has 174 valence electrons. The SMILES string of the molecule is OC1CN(Cc2ccc(-c3noc(-c4nnn(-c5ccccc5F)c4-c4ccncc4)n3)cc2)C1. The molecule has 3 aromatic heterocycles. The normalized spacial score (nSPS) is 14.2. The molecule has 0 radical (unpaired) electrons. The Morgan fingerprint density at radius 1 is 0.971 bits per heavy atom. The zero-order valence-electron chi connectivity index (χ0n) is 18.5. The van der Waals surface area contributed by atoms with E-state index in [-0.39, 0.29) is 17.7 Å². The quantitative estimate of drug-likeness (QED) is 0.404. The van der Waals surface area contributed by atoms with Gasteiger partial charge in [-0.25, -0.2) is 9.07 Å². The number of likely N-dealkylation sites (tertiary alicyclic amines) is 1. The van der Waals surface area contributed by atoms with E-state index in [1.54, 1.807) is 42.7 Å². The van der Waals surface area contributed by atoms with Gasteiger partial charge >= 0.3 is 0 Å². The standard InChI is InChI=1S/C25H20FN7O2/c26-20-3-1-2-4-21(20)33-23(17-9-11-27-12-10-17)22(29-31-33)25-28-24(30-35-25)18-7-5-16(6-8-18)13-32-14-19(34)15-32/h1-12,19,34H,13-15H2. The number of aromatic nitrogens is 6. The molecule has 0 unspecified atom stereocenters. The second kappa shape index (κ2) is 8.82. The van der Waals surface area contributed by atoms with E-state index in [4.69, 9.17) is 4.52 Å². The minimum Gasteiger partial charge on any atom is -0.390 e. The summed E-state index contributed by atoms with van der Waals surface area (Å²) in [4.78, 5) is 10.8. The molecule has 9 nitrogen and oxygen atoms in total. The van der Waals surface area contributed by atoms with Crippen LogP contribution in [0.5, 0.6) is 0 Å². The predicted octanol–water partition coefficient (Wildman–Crippen LogP) is 3.36. The highest BCUT2D eigenvalue weighted by atomic mass is 19.1. The van der Waals surface area contributed by atoms with E-state index in [0.717, 1.165) is 23.2 Å². The molecule has 4 heterocycles. The topological polar surface area (TPSA) is 106 Å². The van der Waals surface area contributed by atoms with Gasteiger partial charge in [0.2, 0.25) is 5.82 Å². The highest BCUT2D eigenvalue weighted by Gasteiger charge is 2.25. The second-order valence-corrected chi connectivity index (χ2v) is 8.35. The molecule has 0 spiro atoms. The first-order chi connectivity index (χ1) is 17.2. The minimum absolute atomic E-state index is 0.174. The van der Waals surface area contributed by atoms with Gasteiger partial charge in [0, 0.05) is 43.2 Å². The van der Waals surface area contributed by atoms with Crippen molar-refractivity contribution < 1.29 is 14.0 Å². The lowest BCUT2D eigenvalue weighted by Gasteiger charge is -2.35. The van der Waals surface area contributed by atoms with Crippen LogP contribution < -0.4 is 0 Å². The van der Waals surface area contributed by atoms with Crippen molar-refractivity contribution in [2.45, 2.75) is 12.6 Å². The molecule has 0 bridgehead atoms. The fourth-order valence-corrected chi connectivity index (χ4v) is 4.11. The summed E-state index contributed by atoms with van der Waals surface area (Å²) in [5, 5.41) is 22.0. The van der Waals surface area contributed by atoms with Crippen molar-refractivity contribution in [3.05, 3.63) is 84.4 Å². The summed E-state index contributed by atoms with van der Waals surface area (Å²) < 4.78 is 21.6. The smallest absolute Gasteiger partial charge is 0.281 e. The van der Waals surface area contributed by atoms with Crippen molar-refractivity contribution in [2.24, 2.45) is 0 Å². The average Bonchev–Trinajstić information content (AvgIpc) is 3.52. The number of benzene rings is 2. The van der Waals surface area contributed by atoms with Crippen molar-refractivity contribution in [1.82, 2.24) is 35.0 Å². The number of para-hydroxylation sites is 1. The van der Waals surface area contributed by atoms with Crippen molar-refractivity contribution in [3.8, 4) is 39.9 Å². The molecule has 5 aromatic rings. The summed E-state index contributed by atoms with van der Waals surface area (Å²) in [5.74, 6) is 0.151. The van der Waals surface area contributed by atoms with E-state index in [2.05, 4.69) is 30.3 Å². The summed E-state index contributed by atoms with van der Waals surface area (Å²) >= 11 is 0. The highest BCUT2D eigenvalue weighted by Crippen LogP contribution is 2.32. The van der Waals surface area contributed by atoms with Crippen LogP contribution in [0.4, 0.5) is 4.39 Å². The van der Waals surface area contributed by atoms with Crippen molar-refractivity contribution >= 4 is 0 Å². The van der Waals surface area contributed by atoms with Gasteiger partial charge in [-0.15, -0.1) is 5.10 Å². The van der Waals surface area contributed by atoms with E-state index < -0.39 is 5.82 Å². The first-order valence-corrected chi connectivity index (χ1v) is 11.1. The Labute approximate surface area is 199 Å². The molecule has 0 atom stereocenters. The van der Waals surface area contributed by atoms with Crippen molar-refractivity contribution in [1.29, 1.82) is 0 Å². The monoisotopic (exact) mass is 469 g/mol. The lowest BCUT2D eigenvalue weighted by molar-refractivity contribution is -0.00286. The zero-order valence-corrected chi connectivity index (χ0v) is 18.5. The fraction of sp³-hybridized carbons (Fsp3) is 0.160. The Morgan fingerprint density at radius 2 is 1.74 bits per heavy atom. The first-order valence-electron chi connectivity index (χ1n) is 11.1. The molecule has 0 aliphatic carbocycles. The molecule has 2 aromatic carbocycles. The van der Waals surface area contributed by atoms with Crippen LogP contribution in [0.1, 0.15) is 5.56 Å². The zero-order chi connectivity index (χ0) is 23.8. The summed E-state index contributed by atoms with van der Waals surface area (Å²) in [6.07, 6.45) is 3.05. The number of hydrogen-bond donors (Lipinski definition) is 1. The molecule has 35 heavy (non-hydrogen) atoms. The Hall–Kier alpha value is -4.28. The maximum absolute atomic E-state index is 14.6. The van der Waals surface area contributed by atoms with Crippen LogP contribution in [-0.2, 0) is 6.54 Å². The molecule has 0 saturated carbocycles. The van der Waals surface area contributed by atoms with Gasteiger partial charge in [-0.05, 0) is 29.8 Å². The second-order valence-electron chi connectivity index (χ2n) is 8.35. The molecule has 1 fully saturated rings. The number of pyridine rings is 1. The molecule has 1 aliphatic heterocycles. The first kappa shape index (κ1) is 21.3. The Balaban J connectivity index is 1.34. The molecule has 0 amide bonds. The van der Waals surface area contributed by atoms with Crippen LogP contribution in [0, 0.1) is 5.82 Å². The van der Waals surface area contributed by atoms with Gasteiger partial charge < -0.3 is 9.63 Å². The van der Waals surface area contributed by atoms with Crippen molar-refractivity contribution in [3.63, 3.8) is 0 Å². The molecule has 6 rings (SSSR count).